The van der Waals surface area contributed by atoms with Gasteiger partial charge in [-0.25, -0.2) is 4.79 Å². The van der Waals surface area contributed by atoms with E-state index >= 15 is 0 Å². The minimum absolute atomic E-state index is 0.0892. The quantitative estimate of drug-likeness (QED) is 0.578. The molecule has 1 aromatic carbocycles. The number of hydrogen-bond acceptors (Lipinski definition) is 5. The van der Waals surface area contributed by atoms with E-state index in [1.807, 2.05) is 38.1 Å². The van der Waals surface area contributed by atoms with Gasteiger partial charge < -0.3 is 20.7 Å². The Morgan fingerprint density at radius 1 is 1.32 bits per heavy atom. The van der Waals surface area contributed by atoms with Gasteiger partial charge in [0.1, 0.15) is 5.82 Å². The van der Waals surface area contributed by atoms with Crippen LogP contribution in [0.4, 0.5) is 17.2 Å². The third kappa shape index (κ3) is 5.20. The van der Waals surface area contributed by atoms with Gasteiger partial charge in [-0.3, -0.25) is 14.3 Å². The summed E-state index contributed by atoms with van der Waals surface area (Å²) in [4.78, 5) is 28.7. The molecule has 0 spiro atoms. The second-order valence-electron chi connectivity index (χ2n) is 6.44. The van der Waals surface area contributed by atoms with Gasteiger partial charge in [-0.15, -0.1) is 0 Å². The molecule has 0 aliphatic rings. The molecule has 0 aliphatic carbocycles. The number of aromatic nitrogens is 2. The SMILES string of the molecule is CCCCn1c(N)c(N(CCOC)C(=S)Nc2ccc(C)cc2)c(=O)[nH]c1=O. The normalized spacial score (nSPS) is 10.7. The number of methoxy groups -OCH3 is 1. The predicted octanol–water partition coefficient (Wildman–Crippen LogP) is 2.08. The summed E-state index contributed by atoms with van der Waals surface area (Å²) in [6.07, 6.45) is 1.65. The fraction of sp³-hybridized carbons (Fsp3) is 0.421. The Kier molecular flexibility index (Phi) is 7.77. The number of rotatable bonds is 8. The fourth-order valence-corrected chi connectivity index (χ4v) is 3.00. The standard InChI is InChI=1S/C19H27N5O3S/c1-4-5-10-24-16(20)15(17(25)22-18(24)26)23(11-12-27-3)19(28)21-14-8-6-13(2)7-9-14/h6-9H,4-5,10-12,20H2,1-3H3,(H,21,28)(H,22,25,26). The van der Waals surface area contributed by atoms with E-state index in [4.69, 9.17) is 22.7 Å². The number of hydrogen-bond donors (Lipinski definition) is 3. The van der Waals surface area contributed by atoms with Crippen molar-refractivity contribution in [2.24, 2.45) is 0 Å². The molecule has 0 radical (unpaired) electrons. The molecule has 1 heterocycles. The maximum absolute atomic E-state index is 12.6. The van der Waals surface area contributed by atoms with Gasteiger partial charge in [0, 0.05) is 25.9 Å². The second-order valence-corrected chi connectivity index (χ2v) is 6.83. The number of aryl methyl sites for hydroxylation is 1. The Morgan fingerprint density at radius 3 is 2.61 bits per heavy atom. The average Bonchev–Trinajstić information content (AvgIpc) is 2.65. The van der Waals surface area contributed by atoms with Crippen molar-refractivity contribution in [1.82, 2.24) is 9.55 Å². The Bertz CT molecular complexity index is 921. The zero-order chi connectivity index (χ0) is 20.7. The molecule has 4 N–H and O–H groups in total. The minimum atomic E-state index is -0.584. The van der Waals surface area contributed by atoms with E-state index in [0.717, 1.165) is 24.1 Å². The van der Waals surface area contributed by atoms with Crippen LogP contribution in [0, 0.1) is 6.92 Å². The molecule has 28 heavy (non-hydrogen) atoms. The van der Waals surface area contributed by atoms with Crippen LogP contribution in [0.25, 0.3) is 0 Å². The third-order valence-corrected chi connectivity index (χ3v) is 4.61. The highest BCUT2D eigenvalue weighted by atomic mass is 32.1. The topological polar surface area (TPSA) is 105 Å². The number of nitrogens with zero attached hydrogens (tertiary/aromatic N) is 2. The van der Waals surface area contributed by atoms with Crippen LogP contribution in [0.1, 0.15) is 25.3 Å². The van der Waals surface area contributed by atoms with Crippen LogP contribution >= 0.6 is 12.2 Å². The zero-order valence-electron chi connectivity index (χ0n) is 16.4. The molecule has 0 bridgehead atoms. The second kappa shape index (κ2) is 10.0. The van der Waals surface area contributed by atoms with Crippen molar-refractivity contribution in [3.05, 3.63) is 50.7 Å². The molecule has 152 valence electrons. The number of H-pyrrole nitrogens is 1. The molecule has 0 fully saturated rings. The summed E-state index contributed by atoms with van der Waals surface area (Å²) in [5.41, 5.74) is 7.16. The lowest BCUT2D eigenvalue weighted by Crippen LogP contribution is -2.44. The predicted molar refractivity (Wildman–Crippen MR) is 117 cm³/mol. The first-order valence-electron chi connectivity index (χ1n) is 9.15. The molecule has 0 saturated carbocycles. The molecule has 8 nitrogen and oxygen atoms in total. The molecule has 0 aliphatic heterocycles. The van der Waals surface area contributed by atoms with Crippen molar-refractivity contribution in [2.75, 3.05) is 36.2 Å². The van der Waals surface area contributed by atoms with Crippen LogP contribution in [0.3, 0.4) is 0 Å². The summed E-state index contributed by atoms with van der Waals surface area (Å²) in [5, 5.41) is 3.40. The molecule has 0 amide bonds. The maximum Gasteiger partial charge on any atom is 0.330 e. The lowest BCUT2D eigenvalue weighted by molar-refractivity contribution is 0.208. The number of unbranched alkanes of at least 4 members (excludes halogenated alkanes) is 1. The lowest BCUT2D eigenvalue weighted by atomic mass is 10.2. The molecule has 1 aromatic heterocycles. The summed E-state index contributed by atoms with van der Waals surface area (Å²) in [6, 6.07) is 7.70. The van der Waals surface area contributed by atoms with Gasteiger partial charge in [0.05, 0.1) is 6.61 Å². The lowest BCUT2D eigenvalue weighted by Gasteiger charge is -2.27. The van der Waals surface area contributed by atoms with Crippen LogP contribution in [0.5, 0.6) is 0 Å². The van der Waals surface area contributed by atoms with E-state index in [1.165, 1.54) is 4.57 Å². The van der Waals surface area contributed by atoms with Crippen LogP contribution in [-0.2, 0) is 11.3 Å². The van der Waals surface area contributed by atoms with Crippen LogP contribution < -0.4 is 27.2 Å². The summed E-state index contributed by atoms with van der Waals surface area (Å²) in [5.74, 6) is 0.0892. The number of aromatic amines is 1. The van der Waals surface area contributed by atoms with Gasteiger partial charge in [0.2, 0.25) is 0 Å². The number of nitrogens with one attached hydrogen (secondary N) is 2. The highest BCUT2D eigenvalue weighted by Gasteiger charge is 2.22. The van der Waals surface area contributed by atoms with Crippen molar-refractivity contribution in [2.45, 2.75) is 33.2 Å². The van der Waals surface area contributed by atoms with Gasteiger partial charge in [0.25, 0.3) is 5.56 Å². The average molecular weight is 406 g/mol. The first-order valence-corrected chi connectivity index (χ1v) is 9.56. The van der Waals surface area contributed by atoms with Crippen LogP contribution in [0.15, 0.2) is 33.9 Å². The van der Waals surface area contributed by atoms with Gasteiger partial charge in [-0.05, 0) is 37.7 Å². The van der Waals surface area contributed by atoms with Crippen molar-refractivity contribution < 1.29 is 4.74 Å². The highest BCUT2D eigenvalue weighted by Crippen LogP contribution is 2.19. The summed E-state index contributed by atoms with van der Waals surface area (Å²) >= 11 is 5.53. The van der Waals surface area contributed by atoms with E-state index in [9.17, 15) is 9.59 Å². The molecule has 2 rings (SSSR count). The van der Waals surface area contributed by atoms with Gasteiger partial charge in [0.15, 0.2) is 10.8 Å². The van der Waals surface area contributed by atoms with Gasteiger partial charge in [-0.1, -0.05) is 31.0 Å². The van der Waals surface area contributed by atoms with Gasteiger partial charge in [-0.2, -0.15) is 0 Å². The Labute approximate surface area is 169 Å². The zero-order valence-corrected chi connectivity index (χ0v) is 17.3. The first-order chi connectivity index (χ1) is 13.4. The Balaban J connectivity index is 2.43. The highest BCUT2D eigenvalue weighted by molar-refractivity contribution is 7.80. The largest absolute Gasteiger partial charge is 0.383 e. The van der Waals surface area contributed by atoms with E-state index in [1.54, 1.807) is 12.0 Å². The number of nitrogen functional groups attached to an aromatic ring is 1. The van der Waals surface area contributed by atoms with Gasteiger partial charge >= 0.3 is 5.69 Å². The Morgan fingerprint density at radius 2 is 2.00 bits per heavy atom. The molecular weight excluding hydrogens is 378 g/mol. The van der Waals surface area contributed by atoms with E-state index in [-0.39, 0.29) is 11.5 Å². The number of nitrogens with two attached hydrogens (primary N) is 1. The van der Waals surface area contributed by atoms with Crippen molar-refractivity contribution in [3.63, 3.8) is 0 Å². The molecule has 9 heteroatoms. The molecule has 0 atom stereocenters. The van der Waals surface area contributed by atoms with E-state index in [2.05, 4.69) is 10.3 Å². The van der Waals surface area contributed by atoms with Crippen molar-refractivity contribution in [1.29, 1.82) is 0 Å². The third-order valence-electron chi connectivity index (χ3n) is 4.29. The van der Waals surface area contributed by atoms with E-state index in [0.29, 0.717) is 24.8 Å². The number of benzene rings is 1. The number of thiocarbonyl (C=S) groups is 1. The smallest absolute Gasteiger partial charge is 0.330 e. The van der Waals surface area contributed by atoms with Crippen molar-refractivity contribution in [3.8, 4) is 0 Å². The molecule has 0 unspecified atom stereocenters. The van der Waals surface area contributed by atoms with Crippen LogP contribution in [0.2, 0.25) is 0 Å². The fourth-order valence-electron chi connectivity index (χ4n) is 2.70. The number of ether oxygens (including phenoxy) is 1. The minimum Gasteiger partial charge on any atom is -0.383 e. The summed E-state index contributed by atoms with van der Waals surface area (Å²) < 4.78 is 6.53. The van der Waals surface area contributed by atoms with Crippen LogP contribution in [-0.4, -0.2) is 34.9 Å². The monoisotopic (exact) mass is 405 g/mol. The van der Waals surface area contributed by atoms with Crippen molar-refractivity contribution >= 4 is 34.5 Å². The van der Waals surface area contributed by atoms with E-state index < -0.39 is 11.2 Å². The maximum atomic E-state index is 12.6. The molecular formula is C19H27N5O3S. The first kappa shape index (κ1) is 21.6. The summed E-state index contributed by atoms with van der Waals surface area (Å²) in [7, 11) is 1.56. The Hall–Kier alpha value is -2.65. The summed E-state index contributed by atoms with van der Waals surface area (Å²) in [6.45, 7) is 5.05. The molecule has 2 aromatic rings. The molecule has 0 saturated heterocycles. The number of anilines is 3.